The number of phenolic OH excluding ortho intramolecular Hbond substituents is 6. The van der Waals surface area contributed by atoms with Crippen molar-refractivity contribution in [1.82, 2.24) is 0 Å². The summed E-state index contributed by atoms with van der Waals surface area (Å²) in [6, 6.07) is 11.0. The molecule has 3 aromatic rings. The lowest BCUT2D eigenvalue weighted by molar-refractivity contribution is -0.213. The van der Waals surface area contributed by atoms with Crippen LogP contribution in [0.2, 0.25) is 0 Å². The lowest BCUT2D eigenvalue weighted by Crippen LogP contribution is -2.59. The molecular weight excluding hydrogens is 648 g/mol. The molecule has 8 N–H and O–H groups in total. The minimum absolute atomic E-state index is 0.239. The second kappa shape index (κ2) is 15.0. The standard InChI is InChI=1S/C34H30O15/c35-21-7-1-18(13-24(21)38)4-10-29(42)47-28-17-34(33(45)46,49-31(44)12-6-20-3-9-23(37)26(40)15-20)16-27(41)32(28)48-30(43)11-5-19-2-8-22(36)25(39)14-19/h1-15,27-28,32,35-41H,16-17H2,(H,45,46)/b10-4+,11-5+,12-6+/t27-,28-,32+,34-/m1/s1. The molecule has 0 spiro atoms. The second-order valence-corrected chi connectivity index (χ2v) is 10.8. The minimum atomic E-state index is -2.49. The molecule has 0 aliphatic heterocycles. The molecule has 3 aromatic carbocycles. The van der Waals surface area contributed by atoms with Gasteiger partial charge in [-0.05, 0) is 71.3 Å². The van der Waals surface area contributed by atoms with Crippen molar-refractivity contribution in [1.29, 1.82) is 0 Å². The Morgan fingerprint density at radius 1 is 0.592 bits per heavy atom. The highest BCUT2D eigenvalue weighted by Crippen LogP contribution is 2.37. The van der Waals surface area contributed by atoms with Crippen molar-refractivity contribution in [3.8, 4) is 34.5 Å². The van der Waals surface area contributed by atoms with E-state index in [0.29, 0.717) is 0 Å². The van der Waals surface area contributed by atoms with E-state index in [1.165, 1.54) is 36.4 Å². The summed E-state index contributed by atoms with van der Waals surface area (Å²) in [6.07, 6.45) is -0.646. The zero-order chi connectivity index (χ0) is 35.9. The van der Waals surface area contributed by atoms with Gasteiger partial charge in [0.2, 0.25) is 5.60 Å². The fourth-order valence-electron chi connectivity index (χ4n) is 4.80. The van der Waals surface area contributed by atoms with Gasteiger partial charge in [0.1, 0.15) is 6.10 Å². The summed E-state index contributed by atoms with van der Waals surface area (Å²) in [5, 5.41) is 78.7. The lowest BCUT2D eigenvalue weighted by Gasteiger charge is -2.42. The van der Waals surface area contributed by atoms with E-state index in [1.807, 2.05) is 0 Å². The quantitative estimate of drug-likeness (QED) is 0.0664. The number of aliphatic hydroxyl groups is 1. The number of aliphatic carboxylic acids is 1. The van der Waals surface area contributed by atoms with Gasteiger partial charge >= 0.3 is 23.9 Å². The van der Waals surface area contributed by atoms with Gasteiger partial charge in [-0.1, -0.05) is 18.2 Å². The van der Waals surface area contributed by atoms with Gasteiger partial charge in [0.05, 0.1) is 6.10 Å². The summed E-state index contributed by atoms with van der Waals surface area (Å²) in [7, 11) is 0. The highest BCUT2D eigenvalue weighted by atomic mass is 16.6. The Bertz CT molecular complexity index is 1840. The molecule has 49 heavy (non-hydrogen) atoms. The van der Waals surface area contributed by atoms with Gasteiger partial charge in [0, 0.05) is 31.1 Å². The molecular formula is C34H30O15. The Hall–Kier alpha value is -6.48. The first-order valence-electron chi connectivity index (χ1n) is 14.3. The van der Waals surface area contributed by atoms with Crippen molar-refractivity contribution in [3.05, 3.63) is 89.5 Å². The van der Waals surface area contributed by atoms with Crippen molar-refractivity contribution in [3.63, 3.8) is 0 Å². The molecule has 15 nitrogen and oxygen atoms in total. The van der Waals surface area contributed by atoms with E-state index in [1.54, 1.807) is 0 Å². The van der Waals surface area contributed by atoms with Gasteiger partial charge in [-0.15, -0.1) is 0 Å². The molecule has 1 fully saturated rings. The summed E-state index contributed by atoms with van der Waals surface area (Å²) in [6.45, 7) is 0. The fourth-order valence-corrected chi connectivity index (χ4v) is 4.80. The van der Waals surface area contributed by atoms with Gasteiger partial charge < -0.3 is 55.1 Å². The van der Waals surface area contributed by atoms with E-state index in [0.717, 1.165) is 54.6 Å². The van der Waals surface area contributed by atoms with Crippen molar-refractivity contribution < 1.29 is 74.2 Å². The molecule has 0 unspecified atom stereocenters. The van der Waals surface area contributed by atoms with Crippen LogP contribution in [0.3, 0.4) is 0 Å². The highest BCUT2D eigenvalue weighted by molar-refractivity contribution is 5.91. The Morgan fingerprint density at radius 3 is 1.41 bits per heavy atom. The Morgan fingerprint density at radius 2 is 1.00 bits per heavy atom. The predicted molar refractivity (Wildman–Crippen MR) is 168 cm³/mol. The van der Waals surface area contributed by atoms with E-state index < -0.39 is 95.1 Å². The maximum absolute atomic E-state index is 12.9. The third-order valence-corrected chi connectivity index (χ3v) is 7.25. The van der Waals surface area contributed by atoms with Gasteiger partial charge in [0.15, 0.2) is 40.6 Å². The van der Waals surface area contributed by atoms with Crippen LogP contribution in [0.1, 0.15) is 29.5 Å². The van der Waals surface area contributed by atoms with E-state index in [4.69, 9.17) is 14.2 Å². The molecule has 0 heterocycles. The Kier molecular flexibility index (Phi) is 10.8. The average molecular weight is 679 g/mol. The molecule has 15 heteroatoms. The minimum Gasteiger partial charge on any atom is -0.504 e. The zero-order valence-electron chi connectivity index (χ0n) is 25.2. The summed E-state index contributed by atoms with van der Waals surface area (Å²) in [4.78, 5) is 50.9. The van der Waals surface area contributed by atoms with Crippen molar-refractivity contribution in [2.45, 2.75) is 36.8 Å². The highest BCUT2D eigenvalue weighted by Gasteiger charge is 2.56. The number of benzene rings is 3. The number of carbonyl (C=O) groups is 4. The SMILES string of the molecule is O=C(/C=C/c1ccc(O)c(O)c1)O[C@H]1[C@H](O)C[C@](OC(=O)/C=C/c2ccc(O)c(O)c2)(C(=O)O)C[C@H]1OC(=O)/C=C/c1ccc(O)c(O)c1. The maximum Gasteiger partial charge on any atom is 0.348 e. The largest absolute Gasteiger partial charge is 0.504 e. The number of aliphatic hydroxyl groups excluding tert-OH is 1. The number of carbonyl (C=O) groups excluding carboxylic acids is 3. The average Bonchev–Trinajstić information content (AvgIpc) is 3.04. The van der Waals surface area contributed by atoms with Crippen LogP contribution in [-0.2, 0) is 33.4 Å². The summed E-state index contributed by atoms with van der Waals surface area (Å²) in [5.41, 5.74) is -1.72. The van der Waals surface area contributed by atoms with Crippen molar-refractivity contribution in [2.75, 3.05) is 0 Å². The van der Waals surface area contributed by atoms with Crippen LogP contribution in [0.25, 0.3) is 18.2 Å². The first kappa shape index (κ1) is 35.4. The molecule has 0 saturated heterocycles. The smallest absolute Gasteiger partial charge is 0.348 e. The predicted octanol–water partition coefficient (Wildman–Crippen LogP) is 2.71. The third kappa shape index (κ3) is 9.08. The zero-order valence-corrected chi connectivity index (χ0v) is 25.2. The molecule has 0 amide bonds. The lowest BCUT2D eigenvalue weighted by atomic mass is 9.79. The number of rotatable bonds is 10. The van der Waals surface area contributed by atoms with Crippen LogP contribution in [0.4, 0.5) is 0 Å². The molecule has 1 aliphatic rings. The number of phenols is 6. The summed E-state index contributed by atoms with van der Waals surface area (Å²) >= 11 is 0. The number of aromatic hydroxyl groups is 6. The fraction of sp³-hybridized carbons (Fsp3) is 0.176. The van der Waals surface area contributed by atoms with Crippen LogP contribution in [0, 0.1) is 0 Å². The van der Waals surface area contributed by atoms with Crippen LogP contribution >= 0.6 is 0 Å². The second-order valence-electron chi connectivity index (χ2n) is 10.8. The Balaban J connectivity index is 1.58. The van der Waals surface area contributed by atoms with E-state index in [-0.39, 0.29) is 16.7 Å². The van der Waals surface area contributed by atoms with Crippen LogP contribution in [0.5, 0.6) is 34.5 Å². The maximum atomic E-state index is 12.9. The number of carboxylic acids is 1. The van der Waals surface area contributed by atoms with Crippen molar-refractivity contribution >= 4 is 42.1 Å². The summed E-state index contributed by atoms with van der Waals surface area (Å²) in [5.74, 6) is -7.75. The number of hydrogen-bond acceptors (Lipinski definition) is 14. The normalized spacial score (nSPS) is 20.7. The molecule has 4 atom stereocenters. The first-order valence-corrected chi connectivity index (χ1v) is 14.3. The van der Waals surface area contributed by atoms with Crippen LogP contribution < -0.4 is 0 Å². The van der Waals surface area contributed by atoms with E-state index in [9.17, 15) is 60.0 Å². The van der Waals surface area contributed by atoms with Gasteiger partial charge in [-0.3, -0.25) is 0 Å². The number of carboxylic acid groups (broad SMARTS) is 1. The topological polar surface area (TPSA) is 258 Å². The van der Waals surface area contributed by atoms with E-state index in [2.05, 4.69) is 0 Å². The van der Waals surface area contributed by atoms with Crippen LogP contribution in [0.15, 0.2) is 72.8 Å². The van der Waals surface area contributed by atoms with Gasteiger partial charge in [0.25, 0.3) is 0 Å². The Labute approximate surface area is 277 Å². The molecule has 0 bridgehead atoms. The van der Waals surface area contributed by atoms with Crippen LogP contribution in [-0.4, -0.2) is 88.6 Å². The molecule has 1 aliphatic carbocycles. The number of ether oxygens (including phenoxy) is 3. The number of hydrogen-bond donors (Lipinski definition) is 8. The first-order chi connectivity index (χ1) is 23.2. The monoisotopic (exact) mass is 678 g/mol. The third-order valence-electron chi connectivity index (χ3n) is 7.25. The molecule has 0 radical (unpaired) electrons. The molecule has 1 saturated carbocycles. The molecule has 256 valence electrons. The molecule has 4 rings (SSSR count). The summed E-state index contributed by atoms with van der Waals surface area (Å²) < 4.78 is 16.0. The van der Waals surface area contributed by atoms with Gasteiger partial charge in [-0.2, -0.15) is 0 Å². The van der Waals surface area contributed by atoms with Crippen molar-refractivity contribution in [2.24, 2.45) is 0 Å². The van der Waals surface area contributed by atoms with Gasteiger partial charge in [-0.25, -0.2) is 19.2 Å². The van der Waals surface area contributed by atoms with E-state index >= 15 is 0 Å². The number of esters is 3. The molecule has 0 aromatic heterocycles.